The molecule has 1 aliphatic heterocycles. The first kappa shape index (κ1) is 26.9. The second-order valence-electron chi connectivity index (χ2n) is 10.6. The Morgan fingerprint density at radius 3 is 2.54 bits per heavy atom. The van der Waals surface area contributed by atoms with E-state index in [4.69, 9.17) is 21.3 Å². The van der Waals surface area contributed by atoms with Crippen LogP contribution < -0.4 is 9.80 Å². The van der Waals surface area contributed by atoms with Gasteiger partial charge in [-0.3, -0.25) is 14.7 Å². The van der Waals surface area contributed by atoms with E-state index in [-0.39, 0.29) is 37.3 Å². The summed E-state index contributed by atoms with van der Waals surface area (Å²) in [7, 11) is 0. The lowest BCUT2D eigenvalue weighted by Crippen LogP contribution is -2.45. The molecule has 4 rings (SSSR count). The van der Waals surface area contributed by atoms with Crippen LogP contribution in [0.4, 0.5) is 27.5 Å². The van der Waals surface area contributed by atoms with Crippen LogP contribution in [0.15, 0.2) is 61.1 Å². The highest BCUT2D eigenvalue weighted by Gasteiger charge is 2.36. The lowest BCUT2D eigenvalue weighted by atomic mass is 9.90. The van der Waals surface area contributed by atoms with Gasteiger partial charge in [-0.2, -0.15) is 0 Å². The number of hydrogen-bond donors (Lipinski definition) is 0. The second kappa shape index (κ2) is 11.5. The highest BCUT2D eigenvalue weighted by molar-refractivity contribution is 6.30. The smallest absolute Gasteiger partial charge is 0.159 e. The molecule has 3 aromatic rings. The van der Waals surface area contributed by atoms with Gasteiger partial charge in [0.1, 0.15) is 23.9 Å². The van der Waals surface area contributed by atoms with E-state index in [1.807, 2.05) is 60.9 Å². The third-order valence-electron chi connectivity index (χ3n) is 6.12. The topological polar surface area (TPSA) is 71.5 Å². The minimum Gasteiger partial charge on any atom is -0.370 e. The molecule has 0 aliphatic carbocycles. The van der Waals surface area contributed by atoms with Crippen LogP contribution in [0.1, 0.15) is 40.0 Å². The molecule has 0 N–H and O–H groups in total. The average molecular weight is 526 g/mol. The highest BCUT2D eigenvalue weighted by Crippen LogP contribution is 2.34. The summed E-state index contributed by atoms with van der Waals surface area (Å²) in [6.07, 6.45) is 5.99. The molecule has 0 bridgehead atoms. The second-order valence-corrected chi connectivity index (χ2v) is 11.1. The number of rotatable bonds is 9. The molecule has 2 aromatic heterocycles. The van der Waals surface area contributed by atoms with Crippen LogP contribution in [-0.2, 0) is 9.53 Å². The molecule has 7 nitrogen and oxygen atoms in total. The molecule has 0 atom stereocenters. The van der Waals surface area contributed by atoms with Crippen molar-refractivity contribution in [2.24, 2.45) is 5.41 Å². The Kier molecular flexibility index (Phi) is 8.39. The Bertz CT molecular complexity index is 1200. The third kappa shape index (κ3) is 7.46. The fourth-order valence-electron chi connectivity index (χ4n) is 4.35. The molecule has 37 heavy (non-hydrogen) atoms. The van der Waals surface area contributed by atoms with E-state index in [1.54, 1.807) is 30.7 Å². The quantitative estimate of drug-likeness (QED) is 0.323. The SMILES string of the molecule is CC(C)(C)CC(=O)COCC1(F)CCN(c2cncc(N(c3ccccc3)c3cc(Cl)ccn3)n2)CC1. The number of ketones is 1. The average Bonchev–Trinajstić information content (AvgIpc) is 2.84. The van der Waals surface area contributed by atoms with Gasteiger partial charge in [0.25, 0.3) is 0 Å². The molecule has 1 aromatic carbocycles. The minimum atomic E-state index is -1.47. The summed E-state index contributed by atoms with van der Waals surface area (Å²) in [6, 6.07) is 13.2. The van der Waals surface area contributed by atoms with Crippen molar-refractivity contribution in [1.29, 1.82) is 0 Å². The van der Waals surface area contributed by atoms with E-state index in [1.165, 1.54) is 0 Å². The van der Waals surface area contributed by atoms with Gasteiger partial charge in [-0.05, 0) is 23.6 Å². The molecular formula is C28H33ClFN5O2. The first-order valence-corrected chi connectivity index (χ1v) is 12.8. The maximum atomic E-state index is 15.4. The molecule has 0 saturated carbocycles. The van der Waals surface area contributed by atoms with E-state index in [0.29, 0.717) is 42.0 Å². The molecule has 3 heterocycles. The van der Waals surface area contributed by atoms with Crippen LogP contribution in [0.3, 0.4) is 0 Å². The zero-order valence-corrected chi connectivity index (χ0v) is 22.3. The van der Waals surface area contributed by atoms with Gasteiger partial charge in [-0.1, -0.05) is 50.6 Å². The number of benzene rings is 1. The Balaban J connectivity index is 1.44. The van der Waals surface area contributed by atoms with Gasteiger partial charge in [-0.15, -0.1) is 0 Å². The molecule has 0 radical (unpaired) electrons. The van der Waals surface area contributed by atoms with Crippen LogP contribution in [0.5, 0.6) is 0 Å². The third-order valence-corrected chi connectivity index (χ3v) is 6.36. The fraction of sp³-hybridized carbons (Fsp3) is 0.429. The van der Waals surface area contributed by atoms with E-state index in [9.17, 15) is 4.79 Å². The molecule has 0 unspecified atom stereocenters. The maximum Gasteiger partial charge on any atom is 0.159 e. The molecule has 196 valence electrons. The summed E-state index contributed by atoms with van der Waals surface area (Å²) in [5.41, 5.74) is -0.707. The number of nitrogens with zero attached hydrogens (tertiary/aromatic N) is 5. The summed E-state index contributed by atoms with van der Waals surface area (Å²) in [4.78, 5) is 29.7. The summed E-state index contributed by atoms with van der Waals surface area (Å²) in [5, 5.41) is 0.563. The summed E-state index contributed by atoms with van der Waals surface area (Å²) < 4.78 is 20.9. The number of hydrogen-bond acceptors (Lipinski definition) is 7. The van der Waals surface area contributed by atoms with E-state index >= 15 is 4.39 Å². The highest BCUT2D eigenvalue weighted by atomic mass is 35.5. The van der Waals surface area contributed by atoms with Gasteiger partial charge in [-0.25, -0.2) is 14.4 Å². The van der Waals surface area contributed by atoms with Crippen molar-refractivity contribution in [3.05, 3.63) is 66.1 Å². The standard InChI is InChI=1S/C28H33ClFN5O2/c1-27(2,3)16-23(36)19-37-20-28(30)10-13-34(14-11-28)25-17-31-18-26(33-25)35(22-7-5-4-6-8-22)24-15-21(29)9-12-32-24/h4-9,12,15,17-18H,10-11,13-14,16,19-20H2,1-3H3. The molecule has 1 fully saturated rings. The lowest BCUT2D eigenvalue weighted by Gasteiger charge is -2.37. The van der Waals surface area contributed by atoms with Crippen LogP contribution in [-0.4, -0.2) is 52.7 Å². The summed E-state index contributed by atoms with van der Waals surface area (Å²) in [5.74, 6) is 1.85. The zero-order valence-electron chi connectivity index (χ0n) is 21.5. The van der Waals surface area contributed by atoms with Crippen molar-refractivity contribution in [2.45, 2.75) is 45.7 Å². The maximum absolute atomic E-state index is 15.4. The van der Waals surface area contributed by atoms with Crippen molar-refractivity contribution < 1.29 is 13.9 Å². The zero-order chi connectivity index (χ0) is 26.5. The van der Waals surface area contributed by atoms with Crippen LogP contribution in [0.25, 0.3) is 0 Å². The Morgan fingerprint density at radius 2 is 1.86 bits per heavy atom. The summed E-state index contributed by atoms with van der Waals surface area (Å²) in [6.45, 7) is 6.81. The van der Waals surface area contributed by atoms with Gasteiger partial charge < -0.3 is 9.64 Å². The van der Waals surface area contributed by atoms with Crippen molar-refractivity contribution >= 4 is 40.5 Å². The summed E-state index contributed by atoms with van der Waals surface area (Å²) >= 11 is 6.25. The Hall–Kier alpha value is -3.10. The Labute approximate surface area is 222 Å². The van der Waals surface area contributed by atoms with Crippen molar-refractivity contribution in [3.8, 4) is 0 Å². The van der Waals surface area contributed by atoms with Gasteiger partial charge in [0.15, 0.2) is 11.6 Å². The predicted molar refractivity (Wildman–Crippen MR) is 145 cm³/mol. The fourth-order valence-corrected chi connectivity index (χ4v) is 4.51. The first-order valence-electron chi connectivity index (χ1n) is 12.4. The van der Waals surface area contributed by atoms with Crippen molar-refractivity contribution in [3.63, 3.8) is 0 Å². The van der Waals surface area contributed by atoms with Gasteiger partial charge in [0.05, 0.1) is 19.0 Å². The number of piperidine rings is 1. The monoisotopic (exact) mass is 525 g/mol. The number of Topliss-reactive ketones (excluding diaryl/α,β-unsaturated/α-hetero) is 1. The first-order chi connectivity index (χ1) is 17.6. The van der Waals surface area contributed by atoms with Crippen LogP contribution in [0, 0.1) is 5.41 Å². The van der Waals surface area contributed by atoms with Crippen LogP contribution in [0.2, 0.25) is 5.02 Å². The number of carbonyl (C=O) groups excluding carboxylic acids is 1. The van der Waals surface area contributed by atoms with E-state index in [0.717, 1.165) is 5.69 Å². The number of ether oxygens (including phenoxy) is 1. The molecule has 1 saturated heterocycles. The number of anilines is 4. The molecule has 1 aliphatic rings. The van der Waals surface area contributed by atoms with Crippen LogP contribution >= 0.6 is 11.6 Å². The van der Waals surface area contributed by atoms with Gasteiger partial charge in [0, 0.05) is 55.3 Å². The number of halogens is 2. The molecular weight excluding hydrogens is 493 g/mol. The predicted octanol–water partition coefficient (Wildman–Crippen LogP) is 6.33. The number of alkyl halides is 1. The lowest BCUT2D eigenvalue weighted by molar-refractivity contribution is -0.127. The van der Waals surface area contributed by atoms with Gasteiger partial charge in [0.2, 0.25) is 0 Å². The van der Waals surface area contributed by atoms with Crippen molar-refractivity contribution in [2.75, 3.05) is 36.1 Å². The molecule has 0 spiro atoms. The Morgan fingerprint density at radius 1 is 1.14 bits per heavy atom. The van der Waals surface area contributed by atoms with Gasteiger partial charge >= 0.3 is 0 Å². The largest absolute Gasteiger partial charge is 0.370 e. The molecule has 0 amide bonds. The normalized spacial score (nSPS) is 15.4. The number of pyridine rings is 1. The number of para-hydroxylation sites is 1. The van der Waals surface area contributed by atoms with E-state index < -0.39 is 5.67 Å². The van der Waals surface area contributed by atoms with Crippen molar-refractivity contribution in [1.82, 2.24) is 15.0 Å². The number of carbonyl (C=O) groups is 1. The van der Waals surface area contributed by atoms with E-state index in [2.05, 4.69) is 9.97 Å². The number of aromatic nitrogens is 3. The molecule has 9 heteroatoms. The minimum absolute atomic E-state index is 0.00205.